The van der Waals surface area contributed by atoms with Gasteiger partial charge >= 0.3 is 0 Å². The van der Waals surface area contributed by atoms with Gasteiger partial charge in [-0.05, 0) is 59.6 Å². The van der Waals surface area contributed by atoms with Crippen molar-refractivity contribution in [2.45, 2.75) is 26.3 Å². The second-order valence-electron chi connectivity index (χ2n) is 5.75. The van der Waals surface area contributed by atoms with E-state index in [0.29, 0.717) is 11.3 Å². The zero-order chi connectivity index (χ0) is 18.2. The van der Waals surface area contributed by atoms with Crippen molar-refractivity contribution in [3.63, 3.8) is 0 Å². The Morgan fingerprint density at radius 3 is 2.60 bits per heavy atom. The maximum absolute atomic E-state index is 12.2. The molecule has 2 rings (SSSR count). The normalized spacial score (nSPS) is 11.5. The highest BCUT2D eigenvalue weighted by atomic mass is 79.9. The molecule has 0 saturated heterocycles. The minimum Gasteiger partial charge on any atom is -0.375 e. The molecule has 0 fully saturated rings. The molecule has 0 heterocycles. The van der Waals surface area contributed by atoms with Crippen LogP contribution in [0.25, 0.3) is 0 Å². The van der Waals surface area contributed by atoms with E-state index in [0.717, 1.165) is 16.6 Å². The zero-order valence-electron chi connectivity index (χ0n) is 14.3. The van der Waals surface area contributed by atoms with Gasteiger partial charge in [0, 0.05) is 27.5 Å². The number of benzene rings is 2. The van der Waals surface area contributed by atoms with Gasteiger partial charge in [0.05, 0.1) is 6.54 Å². The van der Waals surface area contributed by atoms with E-state index in [1.54, 1.807) is 24.3 Å². The van der Waals surface area contributed by atoms with Gasteiger partial charge in [0.15, 0.2) is 0 Å². The maximum Gasteiger partial charge on any atom is 0.251 e. The molecule has 5 nitrogen and oxygen atoms in total. The lowest BCUT2D eigenvalue weighted by Gasteiger charge is -2.13. The maximum atomic E-state index is 12.2. The van der Waals surface area contributed by atoms with Crippen LogP contribution in [0.3, 0.4) is 0 Å². The summed E-state index contributed by atoms with van der Waals surface area (Å²) >= 11 is 3.43. The molecule has 0 saturated carbocycles. The molecule has 1 unspecified atom stereocenters. The van der Waals surface area contributed by atoms with E-state index in [4.69, 9.17) is 0 Å². The van der Waals surface area contributed by atoms with Crippen LogP contribution in [-0.4, -0.2) is 24.4 Å². The van der Waals surface area contributed by atoms with Crippen molar-refractivity contribution in [2.24, 2.45) is 0 Å². The van der Waals surface area contributed by atoms with E-state index in [-0.39, 0.29) is 24.4 Å². The van der Waals surface area contributed by atoms with E-state index in [1.807, 2.05) is 38.1 Å². The van der Waals surface area contributed by atoms with Crippen molar-refractivity contribution in [3.05, 3.63) is 58.6 Å². The van der Waals surface area contributed by atoms with Crippen LogP contribution < -0.4 is 16.0 Å². The number of hydrogen-bond donors (Lipinski definition) is 3. The molecule has 25 heavy (non-hydrogen) atoms. The fraction of sp³-hybridized carbons (Fsp3) is 0.263. The van der Waals surface area contributed by atoms with E-state index < -0.39 is 0 Å². The largest absolute Gasteiger partial charge is 0.375 e. The van der Waals surface area contributed by atoms with Gasteiger partial charge in [0.25, 0.3) is 5.91 Å². The Bertz CT molecular complexity index is 749. The van der Waals surface area contributed by atoms with Gasteiger partial charge in [-0.3, -0.25) is 9.59 Å². The molecule has 0 spiro atoms. The van der Waals surface area contributed by atoms with Gasteiger partial charge in [-0.15, -0.1) is 0 Å². The van der Waals surface area contributed by atoms with Crippen LogP contribution in [0.15, 0.2) is 53.0 Å². The Hall–Kier alpha value is -2.34. The number of amides is 2. The Labute approximate surface area is 156 Å². The van der Waals surface area contributed by atoms with Crippen LogP contribution in [0.4, 0.5) is 11.4 Å². The quantitative estimate of drug-likeness (QED) is 0.653. The van der Waals surface area contributed by atoms with Crippen LogP contribution in [0, 0.1) is 0 Å². The highest BCUT2D eigenvalue weighted by Gasteiger charge is 2.10. The van der Waals surface area contributed by atoms with Crippen molar-refractivity contribution in [3.8, 4) is 0 Å². The molecule has 132 valence electrons. The highest BCUT2D eigenvalue weighted by Crippen LogP contribution is 2.20. The van der Waals surface area contributed by atoms with Gasteiger partial charge in [-0.1, -0.05) is 25.1 Å². The Balaban J connectivity index is 1.93. The smallest absolute Gasteiger partial charge is 0.251 e. The number of hydrogen-bond acceptors (Lipinski definition) is 3. The van der Waals surface area contributed by atoms with E-state index >= 15 is 0 Å². The fourth-order valence-electron chi connectivity index (χ4n) is 2.13. The minimum absolute atomic E-state index is 0.110. The monoisotopic (exact) mass is 403 g/mol. The Morgan fingerprint density at radius 1 is 1.12 bits per heavy atom. The summed E-state index contributed by atoms with van der Waals surface area (Å²) in [5.74, 6) is -0.327. The molecule has 0 bridgehead atoms. The van der Waals surface area contributed by atoms with Gasteiger partial charge in [0.2, 0.25) is 5.91 Å². The van der Waals surface area contributed by atoms with Crippen LogP contribution >= 0.6 is 15.9 Å². The number of rotatable bonds is 7. The predicted molar refractivity (Wildman–Crippen MR) is 105 cm³/mol. The van der Waals surface area contributed by atoms with Crippen LogP contribution in [0.2, 0.25) is 0 Å². The highest BCUT2D eigenvalue weighted by molar-refractivity contribution is 9.10. The molecule has 0 aromatic heterocycles. The molecule has 2 amide bonds. The van der Waals surface area contributed by atoms with E-state index in [9.17, 15) is 9.59 Å². The van der Waals surface area contributed by atoms with Gasteiger partial charge < -0.3 is 16.0 Å². The third kappa shape index (κ3) is 5.90. The zero-order valence-corrected chi connectivity index (χ0v) is 15.9. The van der Waals surface area contributed by atoms with Crippen LogP contribution in [-0.2, 0) is 4.79 Å². The first-order valence-corrected chi connectivity index (χ1v) is 8.98. The van der Waals surface area contributed by atoms with Crippen molar-refractivity contribution < 1.29 is 9.59 Å². The number of carbonyl (C=O) groups is 2. The third-order valence-electron chi connectivity index (χ3n) is 3.71. The number of nitrogens with one attached hydrogen (secondary N) is 3. The molecule has 3 N–H and O–H groups in total. The lowest BCUT2D eigenvalue weighted by molar-refractivity contribution is -0.114. The molecule has 1 atom stereocenters. The summed E-state index contributed by atoms with van der Waals surface area (Å²) in [6.07, 6.45) is 0.864. The van der Waals surface area contributed by atoms with Crippen molar-refractivity contribution in [1.82, 2.24) is 5.32 Å². The Morgan fingerprint density at radius 2 is 1.88 bits per heavy atom. The lowest BCUT2D eigenvalue weighted by atomic mass is 10.1. The molecule has 2 aromatic rings. The number of para-hydroxylation sites is 1. The lowest BCUT2D eigenvalue weighted by Crippen LogP contribution is -2.32. The second kappa shape index (κ2) is 9.22. The first-order chi connectivity index (χ1) is 12.0. The average molecular weight is 404 g/mol. The standard InChI is InChI=1S/C19H22BrN3O2/c1-3-13(2)22-19(25)14-7-6-8-15(11-14)23-18(24)12-21-17-10-5-4-9-16(17)20/h4-11,13,21H,3,12H2,1-2H3,(H,22,25)(H,23,24). The molecule has 0 aliphatic rings. The first-order valence-electron chi connectivity index (χ1n) is 8.18. The first kappa shape index (κ1) is 19.0. The summed E-state index contributed by atoms with van der Waals surface area (Å²) in [4.78, 5) is 24.3. The molecule has 0 aliphatic heterocycles. The van der Waals surface area contributed by atoms with Crippen LogP contribution in [0.1, 0.15) is 30.6 Å². The summed E-state index contributed by atoms with van der Waals surface area (Å²) in [5.41, 5.74) is 1.96. The predicted octanol–water partition coefficient (Wildman–Crippen LogP) is 4.03. The summed E-state index contributed by atoms with van der Waals surface area (Å²) < 4.78 is 0.895. The third-order valence-corrected chi connectivity index (χ3v) is 4.40. The van der Waals surface area contributed by atoms with E-state index in [1.165, 1.54) is 0 Å². The molecule has 2 aromatic carbocycles. The molecule has 6 heteroatoms. The minimum atomic E-state index is -0.185. The van der Waals surface area contributed by atoms with Crippen molar-refractivity contribution >= 4 is 39.1 Å². The average Bonchev–Trinajstić information content (AvgIpc) is 2.61. The van der Waals surface area contributed by atoms with Crippen molar-refractivity contribution in [2.75, 3.05) is 17.2 Å². The molecule has 0 radical (unpaired) electrons. The van der Waals surface area contributed by atoms with Gasteiger partial charge in [-0.2, -0.15) is 0 Å². The summed E-state index contributed by atoms with van der Waals surface area (Å²) in [5, 5.41) is 8.77. The molecular formula is C19H22BrN3O2. The van der Waals surface area contributed by atoms with Crippen LogP contribution in [0.5, 0.6) is 0 Å². The molecular weight excluding hydrogens is 382 g/mol. The summed E-state index contributed by atoms with van der Waals surface area (Å²) in [6.45, 7) is 4.10. The van der Waals surface area contributed by atoms with Gasteiger partial charge in [-0.25, -0.2) is 0 Å². The number of anilines is 2. The van der Waals surface area contributed by atoms with Gasteiger partial charge in [0.1, 0.15) is 0 Å². The summed E-state index contributed by atoms with van der Waals surface area (Å²) in [6, 6.07) is 14.6. The number of halogens is 1. The second-order valence-corrected chi connectivity index (χ2v) is 6.60. The van der Waals surface area contributed by atoms with E-state index in [2.05, 4.69) is 31.9 Å². The SMILES string of the molecule is CCC(C)NC(=O)c1cccc(NC(=O)CNc2ccccc2Br)c1. The molecule has 0 aliphatic carbocycles. The number of carbonyl (C=O) groups excluding carboxylic acids is 2. The summed E-state index contributed by atoms with van der Waals surface area (Å²) in [7, 11) is 0. The topological polar surface area (TPSA) is 70.2 Å². The Kier molecular flexibility index (Phi) is 7.01. The van der Waals surface area contributed by atoms with Crippen molar-refractivity contribution in [1.29, 1.82) is 0 Å². The fourth-order valence-corrected chi connectivity index (χ4v) is 2.56.